The van der Waals surface area contributed by atoms with E-state index in [-0.39, 0.29) is 5.97 Å². The Hall–Kier alpha value is -1.88. The largest absolute Gasteiger partial charge is 0.461 e. The van der Waals surface area contributed by atoms with E-state index in [9.17, 15) is 4.79 Å². The van der Waals surface area contributed by atoms with Crippen molar-refractivity contribution in [2.45, 2.75) is 6.92 Å². The molecule has 0 aliphatic rings. The van der Waals surface area contributed by atoms with E-state index >= 15 is 0 Å². The van der Waals surface area contributed by atoms with Gasteiger partial charge in [-0.05, 0) is 24.6 Å². The van der Waals surface area contributed by atoms with Crippen LogP contribution in [0.2, 0.25) is 0 Å². The Morgan fingerprint density at radius 2 is 2.00 bits per heavy atom. The molecule has 0 unspecified atom stereocenters. The lowest BCUT2D eigenvalue weighted by Crippen LogP contribution is -2.08. The van der Waals surface area contributed by atoms with Crippen molar-refractivity contribution in [1.82, 2.24) is 4.98 Å². The number of thiazole rings is 1. The van der Waals surface area contributed by atoms with Crippen LogP contribution in [-0.2, 0) is 4.74 Å². The van der Waals surface area contributed by atoms with E-state index in [0.717, 1.165) is 16.1 Å². The predicted octanol–water partition coefficient (Wildman–Crippen LogP) is 3.05. The van der Waals surface area contributed by atoms with Gasteiger partial charge in [0.25, 0.3) is 0 Å². The second kappa shape index (κ2) is 5.84. The molecule has 1 aromatic carbocycles. The number of rotatable bonds is 4. The molecular formula is C14H16N2O2S. The maximum Gasteiger partial charge on any atom is 0.358 e. The van der Waals surface area contributed by atoms with Gasteiger partial charge in [-0.3, -0.25) is 0 Å². The lowest BCUT2D eigenvalue weighted by Gasteiger charge is -2.12. The first-order valence-corrected chi connectivity index (χ1v) is 6.89. The van der Waals surface area contributed by atoms with Gasteiger partial charge in [-0.1, -0.05) is 12.1 Å². The molecule has 0 spiro atoms. The molecule has 0 fully saturated rings. The zero-order valence-corrected chi connectivity index (χ0v) is 12.0. The number of hydrogen-bond acceptors (Lipinski definition) is 5. The molecule has 4 nitrogen and oxygen atoms in total. The van der Waals surface area contributed by atoms with Crippen molar-refractivity contribution < 1.29 is 9.53 Å². The highest BCUT2D eigenvalue weighted by Gasteiger charge is 2.17. The molecule has 0 saturated heterocycles. The van der Waals surface area contributed by atoms with Crippen molar-refractivity contribution in [3.8, 4) is 10.4 Å². The smallest absolute Gasteiger partial charge is 0.358 e. The molecule has 0 aliphatic heterocycles. The van der Waals surface area contributed by atoms with Crippen molar-refractivity contribution in [3.05, 3.63) is 35.5 Å². The molecule has 19 heavy (non-hydrogen) atoms. The van der Waals surface area contributed by atoms with Crippen LogP contribution in [0.5, 0.6) is 0 Å². The predicted molar refractivity (Wildman–Crippen MR) is 77.8 cm³/mol. The molecule has 0 radical (unpaired) electrons. The SMILES string of the molecule is CCOC(=O)c1ncsc1-c1ccc(N(C)C)cc1. The minimum atomic E-state index is -0.365. The van der Waals surface area contributed by atoms with Crippen LogP contribution in [0.4, 0.5) is 5.69 Å². The van der Waals surface area contributed by atoms with Crippen molar-refractivity contribution in [2.75, 3.05) is 25.6 Å². The minimum Gasteiger partial charge on any atom is -0.461 e. The van der Waals surface area contributed by atoms with Gasteiger partial charge in [0, 0.05) is 19.8 Å². The van der Waals surface area contributed by atoms with Crippen molar-refractivity contribution in [3.63, 3.8) is 0 Å². The zero-order valence-electron chi connectivity index (χ0n) is 11.2. The van der Waals surface area contributed by atoms with Gasteiger partial charge in [-0.25, -0.2) is 9.78 Å². The summed E-state index contributed by atoms with van der Waals surface area (Å²) in [5.41, 5.74) is 4.16. The summed E-state index contributed by atoms with van der Waals surface area (Å²) in [5.74, 6) is -0.365. The summed E-state index contributed by atoms with van der Waals surface area (Å²) in [6.45, 7) is 2.14. The number of anilines is 1. The maximum atomic E-state index is 11.8. The van der Waals surface area contributed by atoms with E-state index in [4.69, 9.17) is 4.74 Å². The van der Waals surface area contributed by atoms with E-state index in [0.29, 0.717) is 12.3 Å². The molecule has 0 amide bonds. The lowest BCUT2D eigenvalue weighted by atomic mass is 10.1. The number of benzene rings is 1. The van der Waals surface area contributed by atoms with Gasteiger partial charge in [0.2, 0.25) is 0 Å². The fourth-order valence-electron chi connectivity index (χ4n) is 1.71. The van der Waals surface area contributed by atoms with Crippen molar-refractivity contribution >= 4 is 23.0 Å². The van der Waals surface area contributed by atoms with Crippen LogP contribution in [-0.4, -0.2) is 31.7 Å². The molecule has 0 bridgehead atoms. The van der Waals surface area contributed by atoms with Crippen LogP contribution in [0.1, 0.15) is 17.4 Å². The Balaban J connectivity index is 2.32. The van der Waals surface area contributed by atoms with E-state index < -0.39 is 0 Å². The molecule has 1 aromatic heterocycles. The fraction of sp³-hybridized carbons (Fsp3) is 0.286. The van der Waals surface area contributed by atoms with Gasteiger partial charge >= 0.3 is 5.97 Å². The number of ether oxygens (including phenoxy) is 1. The Kier molecular flexibility index (Phi) is 4.16. The quantitative estimate of drug-likeness (QED) is 0.805. The molecular weight excluding hydrogens is 260 g/mol. The van der Waals surface area contributed by atoms with Crippen molar-refractivity contribution in [2.24, 2.45) is 0 Å². The van der Waals surface area contributed by atoms with E-state index in [2.05, 4.69) is 4.98 Å². The molecule has 1 heterocycles. The summed E-state index contributed by atoms with van der Waals surface area (Å²) in [4.78, 5) is 18.8. The Bertz CT molecular complexity index is 561. The summed E-state index contributed by atoms with van der Waals surface area (Å²) in [6.07, 6.45) is 0. The molecule has 100 valence electrons. The van der Waals surface area contributed by atoms with Gasteiger partial charge < -0.3 is 9.64 Å². The molecule has 0 N–H and O–H groups in total. The molecule has 2 rings (SSSR count). The first-order valence-electron chi connectivity index (χ1n) is 6.02. The molecule has 2 aromatic rings. The number of carbonyl (C=O) groups is 1. The first-order chi connectivity index (χ1) is 9.13. The van der Waals surface area contributed by atoms with E-state index in [1.165, 1.54) is 11.3 Å². The summed E-state index contributed by atoms with van der Waals surface area (Å²) < 4.78 is 5.01. The van der Waals surface area contributed by atoms with E-state index in [1.807, 2.05) is 43.3 Å². The summed E-state index contributed by atoms with van der Waals surface area (Å²) in [6, 6.07) is 8.02. The van der Waals surface area contributed by atoms with Gasteiger partial charge in [0.15, 0.2) is 5.69 Å². The van der Waals surface area contributed by atoms with E-state index in [1.54, 1.807) is 12.4 Å². The number of nitrogens with zero attached hydrogens (tertiary/aromatic N) is 2. The average Bonchev–Trinajstić information content (AvgIpc) is 2.88. The first kappa shape index (κ1) is 13.5. The van der Waals surface area contributed by atoms with Crippen LogP contribution in [0.25, 0.3) is 10.4 Å². The Morgan fingerprint density at radius 1 is 1.32 bits per heavy atom. The number of carbonyl (C=O) groups excluding carboxylic acids is 1. The highest BCUT2D eigenvalue weighted by molar-refractivity contribution is 7.13. The standard InChI is InChI=1S/C14H16N2O2S/c1-4-18-14(17)12-13(19-9-15-12)10-5-7-11(8-6-10)16(2)3/h5-9H,4H2,1-3H3. The lowest BCUT2D eigenvalue weighted by molar-refractivity contribution is 0.0521. The third-order valence-electron chi connectivity index (χ3n) is 2.68. The number of aromatic nitrogens is 1. The molecule has 5 heteroatoms. The topological polar surface area (TPSA) is 42.4 Å². The summed E-state index contributed by atoms with van der Waals surface area (Å²) in [5, 5.41) is 0. The highest BCUT2D eigenvalue weighted by Crippen LogP contribution is 2.29. The van der Waals surface area contributed by atoms with Crippen LogP contribution in [0, 0.1) is 0 Å². The van der Waals surface area contributed by atoms with Crippen LogP contribution < -0.4 is 4.90 Å². The normalized spacial score (nSPS) is 10.3. The highest BCUT2D eigenvalue weighted by atomic mass is 32.1. The summed E-state index contributed by atoms with van der Waals surface area (Å²) >= 11 is 1.45. The van der Waals surface area contributed by atoms with Gasteiger partial charge in [0.1, 0.15) is 0 Å². The van der Waals surface area contributed by atoms with Crippen LogP contribution in [0.15, 0.2) is 29.8 Å². The summed E-state index contributed by atoms with van der Waals surface area (Å²) in [7, 11) is 3.98. The van der Waals surface area contributed by atoms with Gasteiger partial charge in [-0.15, -0.1) is 11.3 Å². The maximum absolute atomic E-state index is 11.8. The van der Waals surface area contributed by atoms with Crippen LogP contribution in [0.3, 0.4) is 0 Å². The monoisotopic (exact) mass is 276 g/mol. The molecule has 0 atom stereocenters. The molecule has 0 saturated carbocycles. The van der Waals surface area contributed by atoms with Gasteiger partial charge in [-0.2, -0.15) is 0 Å². The van der Waals surface area contributed by atoms with Crippen LogP contribution >= 0.6 is 11.3 Å². The number of esters is 1. The number of hydrogen-bond donors (Lipinski definition) is 0. The second-order valence-corrected chi connectivity index (χ2v) is 5.05. The second-order valence-electron chi connectivity index (χ2n) is 4.19. The third-order valence-corrected chi connectivity index (χ3v) is 3.56. The Labute approximate surface area is 116 Å². The molecule has 0 aliphatic carbocycles. The average molecular weight is 276 g/mol. The fourth-order valence-corrected chi connectivity index (χ4v) is 2.49. The third kappa shape index (κ3) is 2.93. The minimum absolute atomic E-state index is 0.357. The van der Waals surface area contributed by atoms with Gasteiger partial charge in [0.05, 0.1) is 17.0 Å². The van der Waals surface area contributed by atoms with Crippen molar-refractivity contribution in [1.29, 1.82) is 0 Å². The Morgan fingerprint density at radius 3 is 2.58 bits per heavy atom. The zero-order chi connectivity index (χ0) is 13.8.